The predicted molar refractivity (Wildman–Crippen MR) is 50.3 cm³/mol. The van der Waals surface area contributed by atoms with Gasteiger partial charge in [0.1, 0.15) is 4.88 Å². The van der Waals surface area contributed by atoms with Crippen molar-refractivity contribution in [1.29, 1.82) is 0 Å². The van der Waals surface area contributed by atoms with Gasteiger partial charge in [-0.2, -0.15) is 17.5 Å². The molecule has 1 nitrogen and oxygen atoms in total. The summed E-state index contributed by atoms with van der Waals surface area (Å²) < 4.78 is 40.3. The van der Waals surface area contributed by atoms with E-state index in [1.165, 1.54) is 0 Å². The zero-order chi connectivity index (χ0) is 10.6. The highest BCUT2D eigenvalue weighted by Gasteiger charge is 2.33. The molecule has 0 fully saturated rings. The molecular formula is C9H12F3NS. The Bertz CT molecular complexity index is 280. The van der Waals surface area contributed by atoms with Crippen LogP contribution in [0.25, 0.3) is 0 Å². The molecule has 80 valence electrons. The van der Waals surface area contributed by atoms with Gasteiger partial charge in [0.25, 0.3) is 0 Å². The van der Waals surface area contributed by atoms with Crippen LogP contribution < -0.4 is 0 Å². The maximum Gasteiger partial charge on any atom is 0.427 e. The number of nitrogens with zero attached hydrogens (tertiary/aromatic N) is 1. The number of hydrogen-bond donors (Lipinski definition) is 0. The summed E-state index contributed by atoms with van der Waals surface area (Å²) in [6, 6.07) is 1.15. The van der Waals surface area contributed by atoms with E-state index in [0.717, 1.165) is 25.3 Å². The molecule has 0 unspecified atom stereocenters. The van der Waals surface area contributed by atoms with Gasteiger partial charge >= 0.3 is 6.18 Å². The van der Waals surface area contributed by atoms with E-state index in [2.05, 4.69) is 11.3 Å². The summed E-state index contributed by atoms with van der Waals surface area (Å²) >= 11 is 0.540. The molecule has 0 bridgehead atoms. The highest BCUT2D eigenvalue weighted by Crippen LogP contribution is 2.32. The first-order valence-corrected chi connectivity index (χ1v) is 5.34. The molecule has 0 saturated carbocycles. The van der Waals surface area contributed by atoms with Crippen molar-refractivity contribution in [1.82, 2.24) is 4.37 Å². The Kier molecular flexibility index (Phi) is 3.92. The van der Waals surface area contributed by atoms with Crippen molar-refractivity contribution in [2.75, 3.05) is 0 Å². The van der Waals surface area contributed by atoms with Crippen LogP contribution in [0, 0.1) is 0 Å². The van der Waals surface area contributed by atoms with Gasteiger partial charge in [-0.05, 0) is 30.4 Å². The molecule has 0 amide bonds. The summed E-state index contributed by atoms with van der Waals surface area (Å²) in [5, 5.41) is 0. The summed E-state index contributed by atoms with van der Waals surface area (Å²) in [6.07, 6.45) is -0.562. The molecule has 0 aliphatic rings. The summed E-state index contributed by atoms with van der Waals surface area (Å²) in [4.78, 5) is -0.594. The Hall–Kier alpha value is -0.580. The second-order valence-electron chi connectivity index (χ2n) is 3.14. The number of halogens is 3. The van der Waals surface area contributed by atoms with Crippen molar-refractivity contribution in [2.24, 2.45) is 0 Å². The van der Waals surface area contributed by atoms with Gasteiger partial charge < -0.3 is 0 Å². The van der Waals surface area contributed by atoms with Crippen LogP contribution in [0.5, 0.6) is 0 Å². The molecule has 0 aliphatic heterocycles. The molecule has 1 aromatic rings. The number of aryl methyl sites for hydroxylation is 1. The van der Waals surface area contributed by atoms with Gasteiger partial charge in [-0.3, -0.25) is 0 Å². The van der Waals surface area contributed by atoms with Gasteiger partial charge in [-0.15, -0.1) is 0 Å². The largest absolute Gasteiger partial charge is 0.427 e. The average molecular weight is 223 g/mol. The minimum absolute atomic E-state index is 0.540. The zero-order valence-corrected chi connectivity index (χ0v) is 8.71. The molecule has 1 aromatic heterocycles. The van der Waals surface area contributed by atoms with Crippen molar-refractivity contribution >= 4 is 11.5 Å². The van der Waals surface area contributed by atoms with E-state index in [1.807, 2.05) is 0 Å². The maximum absolute atomic E-state index is 12.2. The fourth-order valence-corrected chi connectivity index (χ4v) is 1.77. The van der Waals surface area contributed by atoms with Crippen LogP contribution in [0.2, 0.25) is 0 Å². The van der Waals surface area contributed by atoms with Crippen LogP contribution in [0.4, 0.5) is 13.2 Å². The van der Waals surface area contributed by atoms with Crippen LogP contribution >= 0.6 is 11.5 Å². The summed E-state index contributed by atoms with van der Waals surface area (Å²) in [6.45, 7) is 2.06. The van der Waals surface area contributed by atoms with Crippen LogP contribution in [0.15, 0.2) is 6.07 Å². The standard InChI is InChI=1S/C9H12F3NS/c1-2-3-4-5-7-6-8(14-13-7)9(10,11)12/h6H,2-5H2,1H3. The average Bonchev–Trinajstić information content (AvgIpc) is 2.52. The van der Waals surface area contributed by atoms with Crippen LogP contribution in [0.3, 0.4) is 0 Å². The van der Waals surface area contributed by atoms with E-state index in [-0.39, 0.29) is 0 Å². The number of alkyl halides is 3. The van der Waals surface area contributed by atoms with Crippen molar-refractivity contribution in [3.05, 3.63) is 16.6 Å². The van der Waals surface area contributed by atoms with Crippen molar-refractivity contribution in [2.45, 2.75) is 38.8 Å². The molecular weight excluding hydrogens is 211 g/mol. The van der Waals surface area contributed by atoms with Crippen molar-refractivity contribution in [3.63, 3.8) is 0 Å². The number of aromatic nitrogens is 1. The van der Waals surface area contributed by atoms with Gasteiger partial charge in [0.05, 0.1) is 5.69 Å². The monoisotopic (exact) mass is 223 g/mol. The first-order chi connectivity index (χ1) is 6.54. The van der Waals surface area contributed by atoms with Gasteiger partial charge in [0.2, 0.25) is 0 Å². The van der Waals surface area contributed by atoms with Crippen molar-refractivity contribution < 1.29 is 13.2 Å². The SMILES string of the molecule is CCCCCc1cc(C(F)(F)F)sn1. The highest BCUT2D eigenvalue weighted by atomic mass is 32.1. The maximum atomic E-state index is 12.2. The van der Waals surface area contributed by atoms with Gasteiger partial charge in [0, 0.05) is 0 Å². The molecule has 0 atom stereocenters. The zero-order valence-electron chi connectivity index (χ0n) is 7.90. The second-order valence-corrected chi connectivity index (χ2v) is 3.94. The Morgan fingerprint density at radius 3 is 2.57 bits per heavy atom. The van der Waals surface area contributed by atoms with Crippen LogP contribution in [0.1, 0.15) is 36.8 Å². The predicted octanol–water partition coefficient (Wildman–Crippen LogP) is 3.89. The lowest BCUT2D eigenvalue weighted by Gasteiger charge is -1.99. The number of rotatable bonds is 4. The minimum atomic E-state index is -4.24. The van der Waals surface area contributed by atoms with E-state index in [9.17, 15) is 13.2 Å². The lowest BCUT2D eigenvalue weighted by Crippen LogP contribution is -2.00. The molecule has 5 heteroatoms. The molecule has 0 radical (unpaired) electrons. The van der Waals surface area contributed by atoms with Crippen molar-refractivity contribution in [3.8, 4) is 0 Å². The van der Waals surface area contributed by atoms with E-state index < -0.39 is 11.1 Å². The quantitative estimate of drug-likeness (QED) is 0.705. The van der Waals surface area contributed by atoms with E-state index in [4.69, 9.17) is 0 Å². The van der Waals surface area contributed by atoms with E-state index in [0.29, 0.717) is 23.6 Å². The highest BCUT2D eigenvalue weighted by molar-refractivity contribution is 7.05. The topological polar surface area (TPSA) is 12.9 Å². The lowest BCUT2D eigenvalue weighted by atomic mass is 10.1. The fraction of sp³-hybridized carbons (Fsp3) is 0.667. The van der Waals surface area contributed by atoms with Crippen LogP contribution in [-0.4, -0.2) is 4.37 Å². The molecule has 1 rings (SSSR count). The first kappa shape index (κ1) is 11.5. The summed E-state index contributed by atoms with van der Waals surface area (Å²) in [5.74, 6) is 0. The van der Waals surface area contributed by atoms with Gasteiger partial charge in [-0.1, -0.05) is 19.8 Å². The summed E-state index contributed by atoms with van der Waals surface area (Å²) in [7, 11) is 0. The molecule has 0 N–H and O–H groups in total. The molecule has 0 saturated heterocycles. The summed E-state index contributed by atoms with van der Waals surface area (Å²) in [5.41, 5.74) is 0.566. The third-order valence-corrected chi connectivity index (χ3v) is 2.75. The molecule has 1 heterocycles. The smallest absolute Gasteiger partial charge is 0.197 e. The Labute approximate surface area is 85.1 Å². The normalized spacial score (nSPS) is 12.0. The Balaban J connectivity index is 2.51. The molecule has 14 heavy (non-hydrogen) atoms. The van der Waals surface area contributed by atoms with Gasteiger partial charge in [0.15, 0.2) is 0 Å². The third kappa shape index (κ3) is 3.29. The van der Waals surface area contributed by atoms with E-state index in [1.54, 1.807) is 0 Å². The molecule has 0 aliphatic carbocycles. The lowest BCUT2D eigenvalue weighted by molar-refractivity contribution is -0.134. The second kappa shape index (κ2) is 4.77. The van der Waals surface area contributed by atoms with Gasteiger partial charge in [-0.25, -0.2) is 0 Å². The Morgan fingerprint density at radius 2 is 2.07 bits per heavy atom. The van der Waals surface area contributed by atoms with E-state index >= 15 is 0 Å². The molecule has 0 aromatic carbocycles. The number of unbranched alkanes of at least 4 members (excludes halogenated alkanes) is 2. The number of hydrogen-bond acceptors (Lipinski definition) is 2. The molecule has 0 spiro atoms. The Morgan fingerprint density at radius 1 is 1.36 bits per heavy atom. The third-order valence-electron chi connectivity index (χ3n) is 1.87. The minimum Gasteiger partial charge on any atom is -0.197 e. The first-order valence-electron chi connectivity index (χ1n) is 4.57. The fourth-order valence-electron chi connectivity index (χ4n) is 1.12. The van der Waals surface area contributed by atoms with Crippen LogP contribution in [-0.2, 0) is 12.6 Å².